The maximum Gasteiger partial charge on any atom is 0.472 e. The number of aliphatic hydroxyl groups excluding tert-OH is 5. The predicted molar refractivity (Wildman–Crippen MR) is 253 cm³/mol. The fourth-order valence-corrected chi connectivity index (χ4v) is 7.94. The Morgan fingerprint density at radius 1 is 0.524 bits per heavy atom. The number of aliphatic hydroxyl groups is 5. The summed E-state index contributed by atoms with van der Waals surface area (Å²) in [5.41, 5.74) is 0. The zero-order valence-corrected chi connectivity index (χ0v) is 39.7. The van der Waals surface area contributed by atoms with Crippen molar-refractivity contribution in [3.63, 3.8) is 0 Å². The van der Waals surface area contributed by atoms with Crippen LogP contribution in [0.3, 0.4) is 0 Å². The topological polar surface area (TPSA) is 192 Å². The Hall–Kier alpha value is -2.22. The van der Waals surface area contributed by atoms with Crippen LogP contribution in [0.15, 0.2) is 72.9 Å². The van der Waals surface area contributed by atoms with E-state index in [1.165, 1.54) is 32.1 Å². The molecule has 0 amide bonds. The molecule has 63 heavy (non-hydrogen) atoms. The Morgan fingerprint density at radius 3 is 1.44 bits per heavy atom. The fraction of sp³-hybridized carbons (Fsp3) is 0.740. The van der Waals surface area contributed by atoms with Gasteiger partial charge in [0.25, 0.3) is 0 Å². The van der Waals surface area contributed by atoms with E-state index < -0.39 is 63.1 Å². The first-order chi connectivity index (χ1) is 30.5. The van der Waals surface area contributed by atoms with Crippen molar-refractivity contribution in [3.8, 4) is 0 Å². The van der Waals surface area contributed by atoms with Crippen LogP contribution < -0.4 is 0 Å². The van der Waals surface area contributed by atoms with Crippen LogP contribution in [0.25, 0.3) is 0 Å². The van der Waals surface area contributed by atoms with Gasteiger partial charge in [-0.25, -0.2) is 4.57 Å². The third-order valence-electron chi connectivity index (χ3n) is 10.8. The SMILES string of the molecule is CC/C=C\C/C=C\C/C=C\C/C=C\C/C=C\CCCCCCCCOCC(COP(=O)(O)OC1C(O)C(O)C(O)C(O)C1O)OC(=O)CCCCCCC/C=C\CCCCCCC. The van der Waals surface area contributed by atoms with Gasteiger partial charge in [-0.1, -0.05) is 157 Å². The summed E-state index contributed by atoms with van der Waals surface area (Å²) < 4.78 is 34.2. The van der Waals surface area contributed by atoms with E-state index in [1.54, 1.807) is 0 Å². The molecule has 0 bridgehead atoms. The molecule has 1 aliphatic rings. The van der Waals surface area contributed by atoms with Crippen molar-refractivity contribution in [2.24, 2.45) is 0 Å². The number of phosphoric acid groups is 1. The molecule has 0 aromatic heterocycles. The van der Waals surface area contributed by atoms with Crippen LogP contribution in [0, 0.1) is 0 Å². The number of rotatable bonds is 40. The molecule has 0 heterocycles. The summed E-state index contributed by atoms with van der Waals surface area (Å²) in [5.74, 6) is -0.495. The molecule has 0 aliphatic heterocycles. The van der Waals surface area contributed by atoms with Crippen molar-refractivity contribution >= 4 is 13.8 Å². The number of hydrogen-bond donors (Lipinski definition) is 6. The van der Waals surface area contributed by atoms with Gasteiger partial charge in [-0.05, 0) is 83.5 Å². The molecule has 1 aliphatic carbocycles. The highest BCUT2D eigenvalue weighted by atomic mass is 31.2. The number of hydrogen-bond acceptors (Lipinski definition) is 11. The van der Waals surface area contributed by atoms with Crippen molar-refractivity contribution in [1.82, 2.24) is 0 Å². The fourth-order valence-electron chi connectivity index (χ4n) is 6.96. The summed E-state index contributed by atoms with van der Waals surface area (Å²) in [5, 5.41) is 50.2. The number of carbonyl (C=O) groups excluding carboxylic acids is 1. The van der Waals surface area contributed by atoms with Gasteiger partial charge < -0.3 is 39.9 Å². The van der Waals surface area contributed by atoms with Gasteiger partial charge in [0.15, 0.2) is 0 Å². The first kappa shape index (κ1) is 58.8. The van der Waals surface area contributed by atoms with Gasteiger partial charge in [-0.3, -0.25) is 13.8 Å². The highest BCUT2D eigenvalue weighted by molar-refractivity contribution is 7.47. The summed E-state index contributed by atoms with van der Waals surface area (Å²) in [6.45, 7) is 4.08. The Balaban J connectivity index is 2.38. The largest absolute Gasteiger partial charge is 0.472 e. The number of esters is 1. The molecule has 0 spiro atoms. The van der Waals surface area contributed by atoms with Crippen LogP contribution in [-0.4, -0.2) is 98.9 Å². The highest BCUT2D eigenvalue weighted by Crippen LogP contribution is 2.47. The van der Waals surface area contributed by atoms with Crippen LogP contribution in [0.1, 0.15) is 174 Å². The summed E-state index contributed by atoms with van der Waals surface area (Å²) in [6.07, 6.45) is 39.6. The Kier molecular flexibility index (Phi) is 37.4. The predicted octanol–water partition coefficient (Wildman–Crippen LogP) is 10.4. The minimum absolute atomic E-state index is 0.0937. The second-order valence-corrected chi connectivity index (χ2v) is 18.0. The smallest absolute Gasteiger partial charge is 0.457 e. The molecule has 12 nitrogen and oxygen atoms in total. The van der Waals surface area contributed by atoms with Crippen LogP contribution in [0.5, 0.6) is 0 Å². The van der Waals surface area contributed by atoms with Crippen molar-refractivity contribution < 1.29 is 58.3 Å². The molecule has 1 rings (SSSR count). The molecule has 0 aromatic carbocycles. The summed E-state index contributed by atoms with van der Waals surface area (Å²) in [4.78, 5) is 23.2. The number of unbranched alkanes of at least 4 members (excludes halogenated alkanes) is 16. The van der Waals surface area contributed by atoms with Gasteiger partial charge in [0.05, 0.1) is 13.2 Å². The molecule has 364 valence electrons. The van der Waals surface area contributed by atoms with Crippen LogP contribution in [0.4, 0.5) is 0 Å². The molecule has 1 saturated carbocycles. The van der Waals surface area contributed by atoms with E-state index in [-0.39, 0.29) is 13.0 Å². The van der Waals surface area contributed by atoms with E-state index in [0.717, 1.165) is 116 Å². The highest BCUT2D eigenvalue weighted by Gasteiger charge is 2.51. The molecular formula is C50H87O12P. The molecular weight excluding hydrogens is 824 g/mol. The molecule has 0 aromatic rings. The van der Waals surface area contributed by atoms with Gasteiger partial charge in [0.1, 0.15) is 42.7 Å². The average molecular weight is 911 g/mol. The summed E-state index contributed by atoms with van der Waals surface area (Å²) >= 11 is 0. The molecule has 6 atom stereocenters. The first-order valence-corrected chi connectivity index (χ1v) is 25.8. The van der Waals surface area contributed by atoms with E-state index >= 15 is 0 Å². The Morgan fingerprint density at radius 2 is 0.937 bits per heavy atom. The van der Waals surface area contributed by atoms with Crippen molar-refractivity contribution in [2.75, 3.05) is 19.8 Å². The van der Waals surface area contributed by atoms with Crippen LogP contribution in [0.2, 0.25) is 0 Å². The molecule has 0 radical (unpaired) electrons. The van der Waals surface area contributed by atoms with E-state index in [4.69, 9.17) is 18.5 Å². The quantitative estimate of drug-likeness (QED) is 0.0148. The molecule has 13 heteroatoms. The minimum Gasteiger partial charge on any atom is -0.457 e. The zero-order chi connectivity index (χ0) is 46.2. The molecule has 0 saturated heterocycles. The number of ether oxygens (including phenoxy) is 2. The minimum atomic E-state index is -5.03. The zero-order valence-electron chi connectivity index (χ0n) is 38.8. The maximum absolute atomic E-state index is 12.8. The standard InChI is InChI=1S/C50H87O12P/c1-3-5-7-9-11-13-15-17-19-20-21-22-23-24-25-26-28-30-32-34-36-38-40-59-41-43(42-60-63(57,58)62-50-48(55)46(53)45(52)47(54)49(50)56)61-44(51)39-37-35-33-31-29-27-18-16-14-12-10-8-6-4-2/h5,7,11,13,16-19,21-22,24-25,43,45-50,52-56H,3-4,6,8-10,12,14-15,20,23,26-42H2,1-2H3,(H,57,58)/b7-5-,13-11-,18-16-,19-17-,22-21-,25-24-. The molecule has 6 unspecified atom stereocenters. The lowest BCUT2D eigenvalue weighted by atomic mass is 9.85. The maximum atomic E-state index is 12.8. The van der Waals surface area contributed by atoms with Gasteiger partial charge in [0, 0.05) is 13.0 Å². The third kappa shape index (κ3) is 32.2. The lowest BCUT2D eigenvalue weighted by Crippen LogP contribution is -2.64. The number of phosphoric ester groups is 1. The van der Waals surface area contributed by atoms with E-state index in [0.29, 0.717) is 13.0 Å². The third-order valence-corrected chi connectivity index (χ3v) is 11.8. The lowest BCUT2D eigenvalue weighted by Gasteiger charge is -2.41. The Bertz CT molecular complexity index is 1310. The van der Waals surface area contributed by atoms with Crippen molar-refractivity contribution in [3.05, 3.63) is 72.9 Å². The van der Waals surface area contributed by atoms with E-state index in [2.05, 4.69) is 86.8 Å². The average Bonchev–Trinajstić information content (AvgIpc) is 3.27. The lowest BCUT2D eigenvalue weighted by molar-refractivity contribution is -0.220. The monoisotopic (exact) mass is 911 g/mol. The van der Waals surface area contributed by atoms with Gasteiger partial charge >= 0.3 is 13.8 Å². The normalized spacial score (nSPS) is 22.5. The molecule has 6 N–H and O–H groups in total. The number of allylic oxidation sites excluding steroid dienone is 12. The van der Waals surface area contributed by atoms with Crippen LogP contribution >= 0.6 is 7.82 Å². The second-order valence-electron chi connectivity index (χ2n) is 16.6. The van der Waals surface area contributed by atoms with Gasteiger partial charge in [-0.2, -0.15) is 0 Å². The van der Waals surface area contributed by atoms with Crippen molar-refractivity contribution in [2.45, 2.75) is 217 Å². The molecule has 1 fully saturated rings. The first-order valence-electron chi connectivity index (χ1n) is 24.3. The van der Waals surface area contributed by atoms with Gasteiger partial charge in [0.2, 0.25) is 0 Å². The summed E-state index contributed by atoms with van der Waals surface area (Å²) in [6, 6.07) is 0. The Labute approximate surface area is 380 Å². The number of carbonyl (C=O) groups is 1. The van der Waals surface area contributed by atoms with E-state index in [1.807, 2.05) is 0 Å². The second kappa shape index (κ2) is 40.1. The van der Waals surface area contributed by atoms with Gasteiger partial charge in [-0.15, -0.1) is 0 Å². The van der Waals surface area contributed by atoms with Crippen molar-refractivity contribution in [1.29, 1.82) is 0 Å². The summed E-state index contributed by atoms with van der Waals surface area (Å²) in [7, 11) is -5.03. The van der Waals surface area contributed by atoms with E-state index in [9.17, 15) is 39.8 Å². The van der Waals surface area contributed by atoms with Crippen LogP contribution in [-0.2, 0) is 27.9 Å².